The fourth-order valence-electron chi connectivity index (χ4n) is 3.77. The van der Waals surface area contributed by atoms with E-state index in [9.17, 15) is 28.3 Å². The number of ether oxygens (including phenoxy) is 1. The highest BCUT2D eigenvalue weighted by atomic mass is 19.1. The van der Waals surface area contributed by atoms with Crippen LogP contribution in [0.25, 0.3) is 0 Å². The Hall–Kier alpha value is -3.27. The normalized spacial score (nSPS) is 22.6. The van der Waals surface area contributed by atoms with Gasteiger partial charge in [-0.15, -0.1) is 0 Å². The molecule has 30 heavy (non-hydrogen) atoms. The van der Waals surface area contributed by atoms with E-state index < -0.39 is 46.4 Å². The molecule has 1 aromatic carbocycles. The number of nitrogens with zero attached hydrogens (tertiary/aromatic N) is 2. The van der Waals surface area contributed by atoms with Crippen LogP contribution in [0.15, 0.2) is 29.2 Å². The molecule has 8 nitrogen and oxygen atoms in total. The van der Waals surface area contributed by atoms with Crippen LogP contribution < -0.4 is 10.7 Å². The van der Waals surface area contributed by atoms with Crippen molar-refractivity contribution in [3.63, 3.8) is 0 Å². The van der Waals surface area contributed by atoms with Crippen LogP contribution in [0.1, 0.15) is 40.3 Å². The Morgan fingerprint density at radius 3 is 2.73 bits per heavy atom. The third-order valence-corrected chi connectivity index (χ3v) is 5.55. The molecule has 2 aromatic rings. The second-order valence-corrected chi connectivity index (χ2v) is 7.39. The number of carbonyl (C=O) groups is 2. The summed E-state index contributed by atoms with van der Waals surface area (Å²) in [6.45, 7) is 3.47. The average molecular weight is 419 g/mol. The summed E-state index contributed by atoms with van der Waals surface area (Å²) in [5, 5.41) is 12.7. The van der Waals surface area contributed by atoms with Gasteiger partial charge in [0.2, 0.25) is 5.43 Å². The standard InChI is InChI=1S/C20H19F2N3O5/c1-9-10(2)30-15-8-24-7-13(17(26)18(27)16(24)20(29)25(9)15)19(28)23-6-11-3-4-12(21)5-14(11)22/h3-5,7,9-10,15,27H,6,8H2,1-2H3,(H,23,28)/t9-,10+,15?/m1/s1. The fourth-order valence-corrected chi connectivity index (χ4v) is 3.77. The molecule has 4 rings (SSSR count). The van der Waals surface area contributed by atoms with Gasteiger partial charge in [0.15, 0.2) is 17.7 Å². The lowest BCUT2D eigenvalue weighted by Gasteiger charge is -2.33. The van der Waals surface area contributed by atoms with Crippen LogP contribution in [0.5, 0.6) is 5.75 Å². The molecule has 3 atom stereocenters. The lowest BCUT2D eigenvalue weighted by Crippen LogP contribution is -2.49. The Balaban J connectivity index is 1.63. The molecule has 1 aromatic heterocycles. The molecule has 0 bridgehead atoms. The summed E-state index contributed by atoms with van der Waals surface area (Å²) < 4.78 is 33.8. The molecule has 3 heterocycles. The van der Waals surface area contributed by atoms with E-state index in [0.717, 1.165) is 6.07 Å². The van der Waals surface area contributed by atoms with Crippen molar-refractivity contribution in [3.05, 3.63) is 63.1 Å². The van der Waals surface area contributed by atoms with Gasteiger partial charge in [0, 0.05) is 24.4 Å². The van der Waals surface area contributed by atoms with E-state index in [4.69, 9.17) is 4.74 Å². The average Bonchev–Trinajstić information content (AvgIpc) is 2.97. The SMILES string of the molecule is C[C@@H]1OC2Cn3cc(C(=O)NCc4ccc(F)cc4F)c(=O)c(O)c3C(=O)N2[C@@H]1C. The van der Waals surface area contributed by atoms with Gasteiger partial charge in [-0.05, 0) is 19.9 Å². The van der Waals surface area contributed by atoms with Gasteiger partial charge in [0.25, 0.3) is 11.8 Å². The highest BCUT2D eigenvalue weighted by molar-refractivity contribution is 5.99. The molecular formula is C20H19F2N3O5. The van der Waals surface area contributed by atoms with Crippen molar-refractivity contribution < 1.29 is 28.2 Å². The molecule has 0 spiro atoms. The van der Waals surface area contributed by atoms with E-state index >= 15 is 0 Å². The third kappa shape index (κ3) is 3.13. The first-order valence-corrected chi connectivity index (χ1v) is 9.35. The molecule has 2 aliphatic rings. The first-order chi connectivity index (χ1) is 14.2. The molecule has 158 valence electrons. The summed E-state index contributed by atoms with van der Waals surface area (Å²) in [4.78, 5) is 39.4. The van der Waals surface area contributed by atoms with Crippen molar-refractivity contribution in [2.75, 3.05) is 0 Å². The minimum absolute atomic E-state index is 0.0279. The number of hydrogen-bond acceptors (Lipinski definition) is 5. The maximum absolute atomic E-state index is 13.7. The largest absolute Gasteiger partial charge is 0.503 e. The first kappa shape index (κ1) is 20.0. The minimum atomic E-state index is -1.01. The number of pyridine rings is 1. The van der Waals surface area contributed by atoms with Gasteiger partial charge in [-0.3, -0.25) is 14.4 Å². The van der Waals surface area contributed by atoms with Crippen molar-refractivity contribution >= 4 is 11.8 Å². The van der Waals surface area contributed by atoms with Crippen molar-refractivity contribution in [2.24, 2.45) is 0 Å². The van der Waals surface area contributed by atoms with Gasteiger partial charge in [-0.25, -0.2) is 8.78 Å². The summed E-state index contributed by atoms with van der Waals surface area (Å²) in [5.74, 6) is -3.84. The van der Waals surface area contributed by atoms with Crippen LogP contribution in [-0.2, 0) is 17.8 Å². The molecular weight excluding hydrogens is 400 g/mol. The lowest BCUT2D eigenvalue weighted by atomic mass is 10.1. The van der Waals surface area contributed by atoms with Gasteiger partial charge in [0.1, 0.15) is 17.2 Å². The Morgan fingerprint density at radius 1 is 1.30 bits per heavy atom. The number of hydrogen-bond donors (Lipinski definition) is 2. The molecule has 1 unspecified atom stereocenters. The zero-order chi connectivity index (χ0) is 21.7. The Kier molecular flexibility index (Phi) is 4.81. The summed E-state index contributed by atoms with van der Waals surface area (Å²) in [6.07, 6.45) is 0.372. The van der Waals surface area contributed by atoms with Crippen LogP contribution >= 0.6 is 0 Å². The Bertz CT molecular complexity index is 1120. The highest BCUT2D eigenvalue weighted by Crippen LogP contribution is 2.32. The molecule has 1 saturated heterocycles. The predicted octanol–water partition coefficient (Wildman–Crippen LogP) is 1.35. The molecule has 2 N–H and O–H groups in total. The quantitative estimate of drug-likeness (QED) is 0.782. The maximum Gasteiger partial charge on any atom is 0.276 e. The van der Waals surface area contributed by atoms with Crippen molar-refractivity contribution in [2.45, 2.75) is 45.3 Å². The minimum Gasteiger partial charge on any atom is -0.503 e. The number of benzene rings is 1. The van der Waals surface area contributed by atoms with E-state index in [1.54, 1.807) is 0 Å². The van der Waals surface area contributed by atoms with Gasteiger partial charge >= 0.3 is 0 Å². The molecule has 1 fully saturated rings. The number of nitrogens with one attached hydrogen (secondary N) is 1. The zero-order valence-electron chi connectivity index (χ0n) is 16.2. The number of halogens is 2. The van der Waals surface area contributed by atoms with Gasteiger partial charge in [-0.2, -0.15) is 0 Å². The number of rotatable bonds is 3. The van der Waals surface area contributed by atoms with Crippen molar-refractivity contribution in [1.29, 1.82) is 0 Å². The van der Waals surface area contributed by atoms with Crippen LogP contribution in [0, 0.1) is 11.6 Å². The number of aromatic nitrogens is 1. The summed E-state index contributed by atoms with van der Waals surface area (Å²) in [6, 6.07) is 2.67. The number of carbonyl (C=O) groups excluding carboxylic acids is 2. The second kappa shape index (κ2) is 7.21. The predicted molar refractivity (Wildman–Crippen MR) is 99.9 cm³/mol. The molecule has 0 aliphatic carbocycles. The van der Waals surface area contributed by atoms with Crippen LogP contribution in [0.2, 0.25) is 0 Å². The van der Waals surface area contributed by atoms with Crippen molar-refractivity contribution in [1.82, 2.24) is 14.8 Å². The van der Waals surface area contributed by atoms with Crippen LogP contribution in [0.4, 0.5) is 8.78 Å². The van der Waals surface area contributed by atoms with Crippen molar-refractivity contribution in [3.8, 4) is 5.75 Å². The van der Waals surface area contributed by atoms with Gasteiger partial charge in [0.05, 0.1) is 18.7 Å². The van der Waals surface area contributed by atoms with E-state index in [-0.39, 0.29) is 36.5 Å². The van der Waals surface area contributed by atoms with Crippen LogP contribution in [0.3, 0.4) is 0 Å². The van der Waals surface area contributed by atoms with E-state index in [1.165, 1.54) is 21.7 Å². The van der Waals surface area contributed by atoms with E-state index in [0.29, 0.717) is 6.07 Å². The first-order valence-electron chi connectivity index (χ1n) is 9.35. The molecule has 2 aliphatic heterocycles. The summed E-state index contributed by atoms with van der Waals surface area (Å²) in [7, 11) is 0. The molecule has 0 saturated carbocycles. The number of aromatic hydroxyl groups is 1. The summed E-state index contributed by atoms with van der Waals surface area (Å²) in [5.41, 5.74) is -1.59. The van der Waals surface area contributed by atoms with Gasteiger partial charge in [-0.1, -0.05) is 6.07 Å². The Morgan fingerprint density at radius 2 is 2.03 bits per heavy atom. The fraction of sp³-hybridized carbons (Fsp3) is 0.350. The topological polar surface area (TPSA) is 101 Å². The van der Waals surface area contributed by atoms with Crippen LogP contribution in [-0.4, -0.2) is 44.8 Å². The number of fused-ring (bicyclic) bond motifs is 2. The zero-order valence-corrected chi connectivity index (χ0v) is 16.2. The maximum atomic E-state index is 13.7. The summed E-state index contributed by atoms with van der Waals surface area (Å²) >= 11 is 0. The second-order valence-electron chi connectivity index (χ2n) is 7.39. The van der Waals surface area contributed by atoms with E-state index in [2.05, 4.69) is 5.32 Å². The Labute approximate surface area is 169 Å². The smallest absolute Gasteiger partial charge is 0.276 e. The molecule has 0 radical (unpaired) electrons. The highest BCUT2D eigenvalue weighted by Gasteiger charge is 2.45. The third-order valence-electron chi connectivity index (χ3n) is 5.55. The van der Waals surface area contributed by atoms with Gasteiger partial charge < -0.3 is 24.6 Å². The molecule has 2 amide bonds. The number of amides is 2. The molecule has 10 heteroatoms. The lowest BCUT2D eigenvalue weighted by molar-refractivity contribution is -0.0103. The monoisotopic (exact) mass is 419 g/mol. The van der Waals surface area contributed by atoms with E-state index in [1.807, 2.05) is 13.8 Å².